The van der Waals surface area contributed by atoms with Crippen molar-refractivity contribution in [2.24, 2.45) is 0 Å². The summed E-state index contributed by atoms with van der Waals surface area (Å²) in [6.45, 7) is 8.11. The predicted molar refractivity (Wildman–Crippen MR) is 84.2 cm³/mol. The Morgan fingerprint density at radius 1 is 1.20 bits per heavy atom. The molecule has 0 aromatic heterocycles. The quantitative estimate of drug-likeness (QED) is 0.741. The van der Waals surface area contributed by atoms with Crippen LogP contribution in [0.25, 0.3) is 0 Å². The van der Waals surface area contributed by atoms with Gasteiger partial charge < -0.3 is 9.64 Å². The van der Waals surface area contributed by atoms with Crippen molar-refractivity contribution in [3.63, 3.8) is 0 Å². The Balaban J connectivity index is 2.55. The first-order chi connectivity index (χ1) is 9.31. The first-order valence-corrected chi connectivity index (χ1v) is 7.34. The Morgan fingerprint density at radius 2 is 1.80 bits per heavy atom. The first-order valence-electron chi connectivity index (χ1n) is 7.34. The van der Waals surface area contributed by atoms with E-state index in [-0.39, 0.29) is 12.5 Å². The fourth-order valence-corrected chi connectivity index (χ4v) is 1.96. The fourth-order valence-electron chi connectivity index (χ4n) is 1.96. The molecule has 0 saturated carbocycles. The number of rotatable bonds is 6. The van der Waals surface area contributed by atoms with Crippen molar-refractivity contribution >= 4 is 11.7 Å². The van der Waals surface area contributed by atoms with Crippen molar-refractivity contribution in [3.05, 3.63) is 29.8 Å². The van der Waals surface area contributed by atoms with E-state index in [9.17, 15) is 4.79 Å². The lowest BCUT2D eigenvalue weighted by Gasteiger charge is -2.23. The monoisotopic (exact) mass is 277 g/mol. The van der Waals surface area contributed by atoms with Gasteiger partial charge in [0.2, 0.25) is 0 Å². The van der Waals surface area contributed by atoms with E-state index < -0.39 is 5.60 Å². The van der Waals surface area contributed by atoms with Gasteiger partial charge in [-0.1, -0.05) is 25.5 Å². The van der Waals surface area contributed by atoms with Gasteiger partial charge in [0, 0.05) is 12.7 Å². The van der Waals surface area contributed by atoms with E-state index >= 15 is 0 Å². The van der Waals surface area contributed by atoms with Gasteiger partial charge in [-0.15, -0.1) is 0 Å². The minimum Gasteiger partial charge on any atom is -0.459 e. The van der Waals surface area contributed by atoms with Gasteiger partial charge in [0.15, 0.2) is 0 Å². The Bertz CT molecular complexity index is 418. The molecule has 0 aliphatic carbocycles. The first kappa shape index (κ1) is 16.5. The van der Waals surface area contributed by atoms with Crippen molar-refractivity contribution in [2.45, 2.75) is 52.6 Å². The van der Waals surface area contributed by atoms with Crippen molar-refractivity contribution < 1.29 is 9.53 Å². The number of nitrogens with zero attached hydrogens (tertiary/aromatic N) is 1. The summed E-state index contributed by atoms with van der Waals surface area (Å²) in [6, 6.07) is 8.40. The van der Waals surface area contributed by atoms with Crippen LogP contribution in [0.1, 0.15) is 46.1 Å². The number of likely N-dealkylation sites (N-methyl/N-ethyl adjacent to an activating group) is 1. The third kappa shape index (κ3) is 6.09. The van der Waals surface area contributed by atoms with Crippen LogP contribution in [0, 0.1) is 0 Å². The zero-order valence-electron chi connectivity index (χ0n) is 13.4. The number of aryl methyl sites for hydroxylation is 1. The third-order valence-corrected chi connectivity index (χ3v) is 2.98. The number of ether oxygens (including phenoxy) is 1. The molecule has 0 fully saturated rings. The summed E-state index contributed by atoms with van der Waals surface area (Å²) in [5, 5.41) is 0. The number of unbranched alkanes of at least 4 members (excludes halogenated alkanes) is 1. The van der Waals surface area contributed by atoms with E-state index in [1.807, 2.05) is 32.7 Å². The lowest BCUT2D eigenvalue weighted by molar-refractivity contribution is -0.152. The minimum absolute atomic E-state index is 0.199. The van der Waals surface area contributed by atoms with Crippen LogP contribution >= 0.6 is 0 Å². The van der Waals surface area contributed by atoms with Gasteiger partial charge in [-0.05, 0) is 51.3 Å². The van der Waals surface area contributed by atoms with Crippen molar-refractivity contribution in [2.75, 3.05) is 18.5 Å². The molecule has 3 nitrogen and oxygen atoms in total. The number of carbonyl (C=O) groups is 1. The number of hydrogen-bond acceptors (Lipinski definition) is 3. The molecule has 20 heavy (non-hydrogen) atoms. The second-order valence-electron chi connectivity index (χ2n) is 6.21. The molecule has 0 atom stereocenters. The van der Waals surface area contributed by atoms with E-state index in [1.54, 1.807) is 0 Å². The van der Waals surface area contributed by atoms with E-state index in [4.69, 9.17) is 4.74 Å². The maximum Gasteiger partial charge on any atom is 0.326 e. The van der Waals surface area contributed by atoms with Crippen molar-refractivity contribution in [1.82, 2.24) is 0 Å². The molecule has 0 heterocycles. The van der Waals surface area contributed by atoms with Crippen LogP contribution in [0.15, 0.2) is 24.3 Å². The molecule has 0 saturated heterocycles. The highest BCUT2D eigenvalue weighted by Crippen LogP contribution is 2.16. The summed E-state index contributed by atoms with van der Waals surface area (Å²) < 4.78 is 5.33. The lowest BCUT2D eigenvalue weighted by atomic mass is 10.1. The molecule has 1 rings (SSSR count). The number of benzene rings is 1. The second-order valence-corrected chi connectivity index (χ2v) is 6.21. The Labute approximate surface area is 122 Å². The van der Waals surface area contributed by atoms with Crippen LogP contribution in [-0.2, 0) is 16.0 Å². The topological polar surface area (TPSA) is 29.5 Å². The molecule has 0 spiro atoms. The van der Waals surface area contributed by atoms with Crippen LogP contribution in [0.3, 0.4) is 0 Å². The molecule has 0 aliphatic heterocycles. The summed E-state index contributed by atoms with van der Waals surface area (Å²) >= 11 is 0. The van der Waals surface area contributed by atoms with Gasteiger partial charge in [0.1, 0.15) is 12.1 Å². The number of carbonyl (C=O) groups excluding carboxylic acids is 1. The Morgan fingerprint density at radius 3 is 2.30 bits per heavy atom. The fraction of sp³-hybridized carbons (Fsp3) is 0.588. The summed E-state index contributed by atoms with van der Waals surface area (Å²) in [6.07, 6.45) is 3.54. The molecule has 3 heteroatoms. The van der Waals surface area contributed by atoms with Crippen molar-refractivity contribution in [3.8, 4) is 0 Å². The highest BCUT2D eigenvalue weighted by atomic mass is 16.6. The summed E-state index contributed by atoms with van der Waals surface area (Å²) in [7, 11) is 1.91. The summed E-state index contributed by atoms with van der Waals surface area (Å²) in [4.78, 5) is 13.7. The molecular formula is C17H27NO2. The highest BCUT2D eigenvalue weighted by Gasteiger charge is 2.17. The van der Waals surface area contributed by atoms with Gasteiger partial charge in [-0.2, -0.15) is 0 Å². The lowest BCUT2D eigenvalue weighted by Crippen LogP contribution is -2.32. The summed E-state index contributed by atoms with van der Waals surface area (Å²) in [5.41, 5.74) is 1.96. The van der Waals surface area contributed by atoms with Crippen LogP contribution in [0.4, 0.5) is 5.69 Å². The SMILES string of the molecule is CCCCc1ccc(N(C)CC(=O)OC(C)(C)C)cc1. The molecule has 0 amide bonds. The van der Waals surface area contributed by atoms with Gasteiger partial charge in [-0.25, -0.2) is 0 Å². The Kier molecular flexibility index (Phi) is 6.05. The van der Waals surface area contributed by atoms with Crippen LogP contribution in [0.5, 0.6) is 0 Å². The maximum absolute atomic E-state index is 11.8. The smallest absolute Gasteiger partial charge is 0.326 e. The van der Waals surface area contributed by atoms with Gasteiger partial charge in [-0.3, -0.25) is 4.79 Å². The van der Waals surface area contributed by atoms with Crippen LogP contribution in [0.2, 0.25) is 0 Å². The average Bonchev–Trinajstić information content (AvgIpc) is 2.34. The van der Waals surface area contributed by atoms with E-state index in [2.05, 4.69) is 31.2 Å². The molecule has 0 aliphatic rings. The molecule has 112 valence electrons. The highest BCUT2D eigenvalue weighted by molar-refractivity contribution is 5.76. The zero-order valence-corrected chi connectivity index (χ0v) is 13.4. The van der Waals surface area contributed by atoms with E-state index in [1.165, 1.54) is 18.4 Å². The third-order valence-electron chi connectivity index (χ3n) is 2.98. The molecule has 0 unspecified atom stereocenters. The predicted octanol–water partition coefficient (Wildman–Crippen LogP) is 3.81. The van der Waals surface area contributed by atoms with Crippen molar-refractivity contribution in [1.29, 1.82) is 0 Å². The van der Waals surface area contributed by atoms with E-state index in [0.717, 1.165) is 12.1 Å². The zero-order chi connectivity index (χ0) is 15.2. The average molecular weight is 277 g/mol. The molecule has 0 radical (unpaired) electrons. The Hall–Kier alpha value is -1.51. The summed E-state index contributed by atoms with van der Waals surface area (Å²) in [5.74, 6) is -0.199. The number of esters is 1. The van der Waals surface area contributed by atoms with Gasteiger partial charge in [0.25, 0.3) is 0 Å². The molecule has 1 aromatic carbocycles. The van der Waals surface area contributed by atoms with E-state index in [0.29, 0.717) is 0 Å². The van der Waals surface area contributed by atoms with Crippen LogP contribution in [-0.4, -0.2) is 25.2 Å². The molecule has 0 N–H and O–H groups in total. The molecule has 0 bridgehead atoms. The number of anilines is 1. The van der Waals surface area contributed by atoms with Gasteiger partial charge >= 0.3 is 5.97 Å². The normalized spacial score (nSPS) is 11.2. The largest absolute Gasteiger partial charge is 0.459 e. The molecule has 1 aromatic rings. The second kappa shape index (κ2) is 7.32. The number of hydrogen-bond donors (Lipinski definition) is 0. The molecular weight excluding hydrogens is 250 g/mol. The van der Waals surface area contributed by atoms with Crippen LogP contribution < -0.4 is 4.90 Å². The standard InChI is InChI=1S/C17H27NO2/c1-6-7-8-14-9-11-15(12-10-14)18(5)13-16(19)20-17(2,3)4/h9-12H,6-8,13H2,1-5H3. The maximum atomic E-state index is 11.8. The van der Waals surface area contributed by atoms with Gasteiger partial charge in [0.05, 0.1) is 0 Å². The minimum atomic E-state index is -0.429.